The van der Waals surface area contributed by atoms with Gasteiger partial charge < -0.3 is 10.5 Å². The number of ether oxygens (including phenoxy) is 1. The minimum Gasteiger partial charge on any atom is -0.492 e. The molecule has 0 heterocycles. The van der Waals surface area contributed by atoms with E-state index in [0.29, 0.717) is 35.9 Å². The Labute approximate surface area is 94.2 Å². The van der Waals surface area contributed by atoms with Gasteiger partial charge in [-0.05, 0) is 31.7 Å². The van der Waals surface area contributed by atoms with Crippen LogP contribution in [-0.4, -0.2) is 18.9 Å². The molecule has 4 heteroatoms. The lowest BCUT2D eigenvalue weighted by molar-refractivity contribution is 0.0985. The zero-order valence-electron chi connectivity index (χ0n) is 8.63. The zero-order valence-corrected chi connectivity index (χ0v) is 9.38. The molecule has 0 aromatic heterocycles. The van der Waals surface area contributed by atoms with Crippen LogP contribution in [0.25, 0.3) is 0 Å². The van der Waals surface area contributed by atoms with E-state index in [0.717, 1.165) is 0 Å². The number of Topliss-reactive ketones (excluding diaryl/α,β-unsaturated/α-hetero) is 1. The van der Waals surface area contributed by atoms with E-state index in [9.17, 15) is 4.79 Å². The van der Waals surface area contributed by atoms with Crippen LogP contribution in [0.2, 0.25) is 5.02 Å². The number of benzene rings is 1. The summed E-state index contributed by atoms with van der Waals surface area (Å²) in [4.78, 5) is 11.5. The third kappa shape index (κ3) is 3.22. The van der Waals surface area contributed by atoms with E-state index < -0.39 is 0 Å². The summed E-state index contributed by atoms with van der Waals surface area (Å²) in [6, 6.07) is 5.00. The fraction of sp³-hybridized carbons (Fsp3) is 0.364. The van der Waals surface area contributed by atoms with E-state index >= 15 is 0 Å². The van der Waals surface area contributed by atoms with E-state index in [1.54, 1.807) is 18.2 Å². The largest absolute Gasteiger partial charge is 0.492 e. The van der Waals surface area contributed by atoms with Crippen molar-refractivity contribution in [3.8, 4) is 5.75 Å². The fourth-order valence-electron chi connectivity index (χ4n) is 1.22. The molecule has 0 spiro atoms. The summed E-state index contributed by atoms with van der Waals surface area (Å²) in [6.45, 7) is 2.74. The lowest BCUT2D eigenvalue weighted by Crippen LogP contribution is -2.08. The van der Waals surface area contributed by atoms with Gasteiger partial charge in [0.2, 0.25) is 0 Å². The van der Waals surface area contributed by atoms with Gasteiger partial charge >= 0.3 is 0 Å². The molecule has 0 saturated carbocycles. The molecule has 0 saturated heterocycles. The fourth-order valence-corrected chi connectivity index (χ4v) is 1.39. The first kappa shape index (κ1) is 12.0. The molecule has 0 atom stereocenters. The maximum atomic E-state index is 11.5. The molecule has 1 aromatic rings. The lowest BCUT2D eigenvalue weighted by Gasteiger charge is -2.07. The molecule has 0 aliphatic heterocycles. The molecular formula is C11H14ClNO2. The second-order valence-electron chi connectivity index (χ2n) is 3.04. The number of halogens is 1. The number of rotatable bonds is 5. The zero-order chi connectivity index (χ0) is 11.3. The van der Waals surface area contributed by atoms with Crippen molar-refractivity contribution in [1.29, 1.82) is 0 Å². The predicted octanol–water partition coefficient (Wildman–Crippen LogP) is 2.27. The van der Waals surface area contributed by atoms with Gasteiger partial charge in [-0.15, -0.1) is 0 Å². The van der Waals surface area contributed by atoms with E-state index in [1.807, 2.05) is 6.92 Å². The van der Waals surface area contributed by atoms with E-state index in [1.165, 1.54) is 0 Å². The summed E-state index contributed by atoms with van der Waals surface area (Å²) in [5.74, 6) is 0.553. The first-order chi connectivity index (χ1) is 7.19. The van der Waals surface area contributed by atoms with Crippen LogP contribution < -0.4 is 10.5 Å². The quantitative estimate of drug-likeness (QED) is 0.786. The van der Waals surface area contributed by atoms with Gasteiger partial charge in [0, 0.05) is 12.0 Å². The Morgan fingerprint density at radius 3 is 2.87 bits per heavy atom. The molecule has 0 bridgehead atoms. The minimum absolute atomic E-state index is 0.00937. The highest BCUT2D eigenvalue weighted by Crippen LogP contribution is 2.25. The molecule has 1 aromatic carbocycles. The third-order valence-electron chi connectivity index (χ3n) is 1.92. The van der Waals surface area contributed by atoms with Gasteiger partial charge in [-0.1, -0.05) is 11.6 Å². The Bertz CT molecular complexity index is 352. The van der Waals surface area contributed by atoms with Crippen molar-refractivity contribution < 1.29 is 9.53 Å². The van der Waals surface area contributed by atoms with Crippen LogP contribution in [0.3, 0.4) is 0 Å². The van der Waals surface area contributed by atoms with Crippen molar-refractivity contribution in [1.82, 2.24) is 0 Å². The Kier molecular flexibility index (Phi) is 4.59. The first-order valence-electron chi connectivity index (χ1n) is 4.84. The summed E-state index contributed by atoms with van der Waals surface area (Å²) >= 11 is 5.90. The highest BCUT2D eigenvalue weighted by molar-refractivity contribution is 6.32. The Hall–Kier alpha value is -1.06. The highest BCUT2D eigenvalue weighted by atomic mass is 35.5. The van der Waals surface area contributed by atoms with Crippen LogP contribution in [-0.2, 0) is 0 Å². The number of ketones is 1. The van der Waals surface area contributed by atoms with Gasteiger partial charge in [-0.2, -0.15) is 0 Å². The van der Waals surface area contributed by atoms with Gasteiger partial charge in [-0.25, -0.2) is 0 Å². The predicted molar refractivity (Wildman–Crippen MR) is 60.6 cm³/mol. The Balaban J connectivity index is 2.91. The van der Waals surface area contributed by atoms with E-state index in [-0.39, 0.29) is 5.78 Å². The number of carbonyl (C=O) groups excluding carboxylic acids is 1. The van der Waals surface area contributed by atoms with Crippen LogP contribution in [0.1, 0.15) is 23.7 Å². The van der Waals surface area contributed by atoms with Crippen molar-refractivity contribution >= 4 is 17.4 Å². The average molecular weight is 228 g/mol. The summed E-state index contributed by atoms with van der Waals surface area (Å²) < 4.78 is 5.29. The van der Waals surface area contributed by atoms with Crippen LogP contribution in [0.4, 0.5) is 0 Å². The Morgan fingerprint density at radius 2 is 2.27 bits per heavy atom. The Morgan fingerprint density at radius 1 is 1.53 bits per heavy atom. The first-order valence-corrected chi connectivity index (χ1v) is 5.22. The van der Waals surface area contributed by atoms with Crippen molar-refractivity contribution in [3.05, 3.63) is 28.8 Å². The average Bonchev–Trinajstić information content (AvgIpc) is 2.22. The van der Waals surface area contributed by atoms with Crippen LogP contribution in [0.5, 0.6) is 5.75 Å². The summed E-state index contributed by atoms with van der Waals surface area (Å²) in [7, 11) is 0. The van der Waals surface area contributed by atoms with Crippen molar-refractivity contribution in [2.45, 2.75) is 13.3 Å². The summed E-state index contributed by atoms with van der Waals surface area (Å²) in [5, 5.41) is 0.515. The number of nitrogens with two attached hydrogens (primary N) is 1. The molecule has 2 N–H and O–H groups in total. The molecular weight excluding hydrogens is 214 g/mol. The van der Waals surface area contributed by atoms with Crippen molar-refractivity contribution in [2.75, 3.05) is 13.2 Å². The van der Waals surface area contributed by atoms with Crippen molar-refractivity contribution in [3.63, 3.8) is 0 Å². The molecule has 0 amide bonds. The minimum atomic E-state index is 0.00937. The SMILES string of the molecule is CCOc1cc(C(=O)CCN)ccc1Cl. The summed E-state index contributed by atoms with van der Waals surface area (Å²) in [6.07, 6.45) is 0.340. The molecule has 0 fully saturated rings. The topological polar surface area (TPSA) is 52.3 Å². The van der Waals surface area contributed by atoms with Crippen LogP contribution in [0, 0.1) is 0 Å². The molecule has 0 aliphatic rings. The van der Waals surface area contributed by atoms with E-state index in [4.69, 9.17) is 22.1 Å². The van der Waals surface area contributed by atoms with Gasteiger partial charge in [0.15, 0.2) is 5.78 Å². The summed E-state index contributed by atoms with van der Waals surface area (Å²) in [5.41, 5.74) is 5.91. The molecule has 0 radical (unpaired) electrons. The lowest BCUT2D eigenvalue weighted by atomic mass is 10.1. The number of hydrogen-bond donors (Lipinski definition) is 1. The smallest absolute Gasteiger partial charge is 0.164 e. The van der Waals surface area contributed by atoms with Crippen LogP contribution in [0.15, 0.2) is 18.2 Å². The number of carbonyl (C=O) groups is 1. The molecule has 82 valence electrons. The highest BCUT2D eigenvalue weighted by Gasteiger charge is 2.08. The van der Waals surface area contributed by atoms with Gasteiger partial charge in [0.25, 0.3) is 0 Å². The molecule has 1 rings (SSSR count). The normalized spacial score (nSPS) is 10.1. The monoisotopic (exact) mass is 227 g/mol. The van der Waals surface area contributed by atoms with Gasteiger partial charge in [-0.3, -0.25) is 4.79 Å². The maximum absolute atomic E-state index is 11.5. The molecule has 0 unspecified atom stereocenters. The maximum Gasteiger partial charge on any atom is 0.164 e. The van der Waals surface area contributed by atoms with Crippen molar-refractivity contribution in [2.24, 2.45) is 5.73 Å². The second kappa shape index (κ2) is 5.73. The second-order valence-corrected chi connectivity index (χ2v) is 3.45. The van der Waals surface area contributed by atoms with Gasteiger partial charge in [0.05, 0.1) is 11.6 Å². The standard InChI is InChI=1S/C11H14ClNO2/c1-2-15-11-7-8(3-4-9(11)12)10(14)5-6-13/h3-4,7H,2,5-6,13H2,1H3. The molecule has 3 nitrogen and oxygen atoms in total. The van der Waals surface area contributed by atoms with E-state index in [2.05, 4.69) is 0 Å². The molecule has 0 aliphatic carbocycles. The third-order valence-corrected chi connectivity index (χ3v) is 2.24. The number of hydrogen-bond acceptors (Lipinski definition) is 3. The van der Waals surface area contributed by atoms with Gasteiger partial charge in [0.1, 0.15) is 5.75 Å². The van der Waals surface area contributed by atoms with Crippen LogP contribution >= 0.6 is 11.6 Å². The molecule has 15 heavy (non-hydrogen) atoms.